The molecule has 1 fully saturated rings. The molecule has 122 valence electrons. The Balaban J connectivity index is 2.52. The summed E-state index contributed by atoms with van der Waals surface area (Å²) in [6.45, 7) is -3.06. The Kier molecular flexibility index (Phi) is 4.79. The number of imide groups is 2. The fourth-order valence-corrected chi connectivity index (χ4v) is 2.34. The quantitative estimate of drug-likeness (QED) is 0.589. The van der Waals surface area contributed by atoms with Crippen LogP contribution in [-0.2, 0) is 9.59 Å². The number of halogens is 3. The van der Waals surface area contributed by atoms with Gasteiger partial charge in [-0.25, -0.2) is 4.79 Å². The van der Waals surface area contributed by atoms with Crippen LogP contribution in [0.1, 0.15) is 5.56 Å². The fraction of sp³-hybridized carbons (Fsp3) is 0.214. The summed E-state index contributed by atoms with van der Waals surface area (Å²) in [4.78, 5) is 37.4. The lowest BCUT2D eigenvalue weighted by Crippen LogP contribution is -2.52. The molecular weight excluding hydrogens is 378 g/mol. The number of barbiturate groups is 1. The molecule has 4 amide bonds. The first-order chi connectivity index (χ1) is 10.7. The van der Waals surface area contributed by atoms with Crippen LogP contribution in [0, 0.1) is 0 Å². The molecule has 0 N–H and O–H groups in total. The third-order valence-electron chi connectivity index (χ3n) is 3.13. The lowest BCUT2D eigenvalue weighted by atomic mass is 10.1. The predicted molar refractivity (Wildman–Crippen MR) is 79.7 cm³/mol. The van der Waals surface area contributed by atoms with Gasteiger partial charge in [-0.3, -0.25) is 19.4 Å². The third kappa shape index (κ3) is 3.39. The summed E-state index contributed by atoms with van der Waals surface area (Å²) in [6.07, 6.45) is 1.12. The molecule has 0 atom stereocenters. The molecule has 0 spiro atoms. The number of nitrogens with zero attached hydrogens (tertiary/aromatic N) is 2. The minimum atomic E-state index is -3.06. The van der Waals surface area contributed by atoms with E-state index in [1.165, 1.54) is 32.3 Å². The molecule has 1 aliphatic rings. The second kappa shape index (κ2) is 6.45. The Morgan fingerprint density at radius 1 is 1.13 bits per heavy atom. The number of hydrogen-bond donors (Lipinski definition) is 0. The van der Waals surface area contributed by atoms with Gasteiger partial charge in [-0.1, -0.05) is 15.9 Å². The molecule has 0 aromatic heterocycles. The van der Waals surface area contributed by atoms with Crippen molar-refractivity contribution in [1.29, 1.82) is 0 Å². The summed E-state index contributed by atoms with van der Waals surface area (Å²) in [5.74, 6) is -1.83. The number of carbonyl (C=O) groups is 3. The van der Waals surface area contributed by atoms with Crippen molar-refractivity contribution in [3.8, 4) is 5.75 Å². The van der Waals surface area contributed by atoms with E-state index >= 15 is 0 Å². The first kappa shape index (κ1) is 17.1. The number of benzene rings is 1. The summed E-state index contributed by atoms with van der Waals surface area (Å²) < 4.78 is 29.8. The highest BCUT2D eigenvalue weighted by atomic mass is 79.9. The molecule has 6 nitrogen and oxygen atoms in total. The second-order valence-corrected chi connectivity index (χ2v) is 5.55. The van der Waals surface area contributed by atoms with Crippen molar-refractivity contribution in [1.82, 2.24) is 9.80 Å². The van der Waals surface area contributed by atoms with Gasteiger partial charge in [-0.05, 0) is 24.3 Å². The van der Waals surface area contributed by atoms with Crippen LogP contribution in [0.4, 0.5) is 13.6 Å². The molecule has 0 saturated carbocycles. The fourth-order valence-electron chi connectivity index (χ4n) is 1.97. The molecule has 0 radical (unpaired) electrons. The van der Waals surface area contributed by atoms with E-state index in [0.717, 1.165) is 15.9 Å². The van der Waals surface area contributed by atoms with Gasteiger partial charge in [0.1, 0.15) is 11.3 Å². The SMILES string of the molecule is CN1C(=O)C(=Cc2cc(Br)ccc2OC(F)F)C(=O)N(C)C1=O. The van der Waals surface area contributed by atoms with Crippen molar-refractivity contribution in [2.45, 2.75) is 6.61 Å². The Labute approximate surface area is 138 Å². The van der Waals surface area contributed by atoms with Crippen molar-refractivity contribution >= 4 is 39.9 Å². The largest absolute Gasteiger partial charge is 0.434 e. The van der Waals surface area contributed by atoms with Crippen LogP contribution < -0.4 is 4.74 Å². The molecule has 23 heavy (non-hydrogen) atoms. The molecule has 2 rings (SSSR count). The van der Waals surface area contributed by atoms with Crippen LogP contribution in [-0.4, -0.2) is 48.4 Å². The van der Waals surface area contributed by atoms with Gasteiger partial charge in [0, 0.05) is 24.1 Å². The maximum absolute atomic E-state index is 12.5. The monoisotopic (exact) mass is 388 g/mol. The van der Waals surface area contributed by atoms with E-state index < -0.39 is 24.5 Å². The van der Waals surface area contributed by atoms with Crippen LogP contribution in [0.3, 0.4) is 0 Å². The number of urea groups is 1. The zero-order valence-electron chi connectivity index (χ0n) is 12.0. The van der Waals surface area contributed by atoms with E-state index in [1.807, 2.05) is 0 Å². The average Bonchev–Trinajstić information content (AvgIpc) is 2.49. The highest BCUT2D eigenvalue weighted by molar-refractivity contribution is 9.10. The van der Waals surface area contributed by atoms with Gasteiger partial charge in [-0.15, -0.1) is 0 Å². The van der Waals surface area contributed by atoms with Gasteiger partial charge in [0.05, 0.1) is 0 Å². The van der Waals surface area contributed by atoms with E-state index in [1.54, 1.807) is 0 Å². The molecule has 9 heteroatoms. The van der Waals surface area contributed by atoms with E-state index in [4.69, 9.17) is 0 Å². The topological polar surface area (TPSA) is 66.9 Å². The minimum Gasteiger partial charge on any atom is -0.434 e. The highest BCUT2D eigenvalue weighted by Crippen LogP contribution is 2.28. The van der Waals surface area contributed by atoms with Crippen LogP contribution in [0.5, 0.6) is 5.75 Å². The predicted octanol–water partition coefficient (Wildman–Crippen LogP) is 2.48. The Hall–Kier alpha value is -2.29. The van der Waals surface area contributed by atoms with Crippen molar-refractivity contribution in [2.75, 3.05) is 14.1 Å². The molecule has 1 aromatic carbocycles. The Morgan fingerprint density at radius 3 is 2.22 bits per heavy atom. The average molecular weight is 389 g/mol. The lowest BCUT2D eigenvalue weighted by molar-refractivity contribution is -0.134. The van der Waals surface area contributed by atoms with Crippen LogP contribution >= 0.6 is 15.9 Å². The standard InChI is InChI=1S/C14H11BrF2N2O4/c1-18-11(20)9(12(21)19(2)14(18)22)6-7-5-8(15)3-4-10(7)23-13(16)17/h3-6,13H,1-2H3. The van der Waals surface area contributed by atoms with Crippen molar-refractivity contribution in [3.63, 3.8) is 0 Å². The molecule has 1 saturated heterocycles. The van der Waals surface area contributed by atoms with Gasteiger partial charge in [0.2, 0.25) is 0 Å². The number of carbonyl (C=O) groups excluding carboxylic acids is 3. The summed E-state index contributed by atoms with van der Waals surface area (Å²) in [5, 5.41) is 0. The van der Waals surface area contributed by atoms with Gasteiger partial charge in [0.15, 0.2) is 0 Å². The molecular formula is C14H11BrF2N2O4. The first-order valence-electron chi connectivity index (χ1n) is 6.28. The third-order valence-corrected chi connectivity index (χ3v) is 3.62. The van der Waals surface area contributed by atoms with Gasteiger partial charge in [-0.2, -0.15) is 8.78 Å². The number of alkyl halides is 2. The number of likely N-dealkylation sites (N-methyl/N-ethyl adjacent to an activating group) is 2. The zero-order chi connectivity index (χ0) is 17.3. The van der Waals surface area contributed by atoms with Crippen LogP contribution in [0.2, 0.25) is 0 Å². The van der Waals surface area contributed by atoms with Crippen molar-refractivity contribution < 1.29 is 27.9 Å². The number of hydrogen-bond acceptors (Lipinski definition) is 4. The Bertz CT molecular complexity index is 695. The van der Waals surface area contributed by atoms with E-state index in [-0.39, 0.29) is 16.9 Å². The maximum Gasteiger partial charge on any atom is 0.387 e. The smallest absolute Gasteiger partial charge is 0.387 e. The Morgan fingerprint density at radius 2 is 1.70 bits per heavy atom. The van der Waals surface area contributed by atoms with Gasteiger partial charge < -0.3 is 4.74 Å². The second-order valence-electron chi connectivity index (χ2n) is 4.63. The maximum atomic E-state index is 12.5. The molecule has 1 aromatic rings. The highest BCUT2D eigenvalue weighted by Gasteiger charge is 2.37. The number of ether oxygens (including phenoxy) is 1. The molecule has 0 bridgehead atoms. The molecule has 0 unspecified atom stereocenters. The summed E-state index contributed by atoms with van der Waals surface area (Å²) in [5.41, 5.74) is -0.223. The first-order valence-corrected chi connectivity index (χ1v) is 7.07. The summed E-state index contributed by atoms with van der Waals surface area (Å²) >= 11 is 3.17. The van der Waals surface area contributed by atoms with Crippen LogP contribution in [0.25, 0.3) is 6.08 Å². The number of rotatable bonds is 3. The van der Waals surface area contributed by atoms with Gasteiger partial charge >= 0.3 is 12.6 Å². The van der Waals surface area contributed by atoms with E-state index in [9.17, 15) is 23.2 Å². The summed E-state index contributed by atoms with van der Waals surface area (Å²) in [6, 6.07) is 3.41. The van der Waals surface area contributed by atoms with Crippen molar-refractivity contribution in [2.24, 2.45) is 0 Å². The zero-order valence-corrected chi connectivity index (χ0v) is 13.6. The van der Waals surface area contributed by atoms with E-state index in [0.29, 0.717) is 4.47 Å². The number of amides is 4. The normalized spacial score (nSPS) is 15.6. The van der Waals surface area contributed by atoms with Crippen molar-refractivity contribution in [3.05, 3.63) is 33.8 Å². The van der Waals surface area contributed by atoms with Gasteiger partial charge in [0.25, 0.3) is 11.8 Å². The molecule has 0 aliphatic carbocycles. The van der Waals surface area contributed by atoms with Crippen LogP contribution in [0.15, 0.2) is 28.2 Å². The lowest BCUT2D eigenvalue weighted by Gasteiger charge is -2.29. The molecule has 1 heterocycles. The molecule has 1 aliphatic heterocycles. The summed E-state index contributed by atoms with van der Waals surface area (Å²) in [7, 11) is 2.44. The van der Waals surface area contributed by atoms with E-state index in [2.05, 4.69) is 20.7 Å². The minimum absolute atomic E-state index is 0.104.